The highest BCUT2D eigenvalue weighted by Gasteiger charge is 2.19. The first-order valence-corrected chi connectivity index (χ1v) is 5.84. The van der Waals surface area contributed by atoms with Crippen molar-refractivity contribution in [3.8, 4) is 5.75 Å². The molecule has 84 valence electrons. The number of hydroxylamine groups is 1. The van der Waals surface area contributed by atoms with E-state index in [0.717, 1.165) is 12.3 Å². The lowest BCUT2D eigenvalue weighted by Gasteiger charge is -2.07. The highest BCUT2D eigenvalue weighted by atomic mass is 32.2. The zero-order valence-corrected chi connectivity index (χ0v) is 8.68. The fourth-order valence-electron chi connectivity index (χ4n) is 1.10. The van der Waals surface area contributed by atoms with E-state index >= 15 is 0 Å². The molecule has 0 aliphatic rings. The predicted molar refractivity (Wildman–Crippen MR) is 49.8 cm³/mol. The second-order valence-corrected chi connectivity index (χ2v) is 4.98. The normalized spacial score (nSPS) is 11.7. The van der Waals surface area contributed by atoms with Crippen molar-refractivity contribution in [3.05, 3.63) is 23.5 Å². The van der Waals surface area contributed by atoms with E-state index in [0.29, 0.717) is 0 Å². The summed E-state index contributed by atoms with van der Waals surface area (Å²) in [4.78, 5) is -0.568. The molecule has 0 atom stereocenters. The summed E-state index contributed by atoms with van der Waals surface area (Å²) in [7, 11) is -3.71. The third kappa shape index (κ3) is 2.44. The molecule has 3 N–H and O–H groups in total. The Morgan fingerprint density at radius 1 is 1.47 bits per heavy atom. The summed E-state index contributed by atoms with van der Waals surface area (Å²) in [5.74, 6) is -1.98. The fourth-order valence-corrected chi connectivity index (χ4v) is 1.84. The number of halogens is 1. The summed E-state index contributed by atoms with van der Waals surface area (Å²) in [6, 6.07) is 2.26. The second kappa shape index (κ2) is 4.13. The van der Waals surface area contributed by atoms with Crippen LogP contribution in [0.15, 0.2) is 17.0 Å². The quantitative estimate of drug-likeness (QED) is 0.661. The number of benzene rings is 1. The molecule has 0 radical (unpaired) electrons. The largest absolute Gasteiger partial charge is 0.505 e. The summed E-state index contributed by atoms with van der Waals surface area (Å²) < 4.78 is 35.5. The summed E-state index contributed by atoms with van der Waals surface area (Å²) in [6.07, 6.45) is 0.842. The number of hydrogen-bond donors (Lipinski definition) is 3. The molecule has 1 rings (SSSR count). The molecule has 0 heterocycles. The molecule has 0 amide bonds. The van der Waals surface area contributed by atoms with Gasteiger partial charge in [-0.2, -0.15) is 0 Å². The van der Waals surface area contributed by atoms with Crippen LogP contribution in [0.4, 0.5) is 4.39 Å². The van der Waals surface area contributed by atoms with Crippen LogP contribution in [-0.4, -0.2) is 25.0 Å². The molecule has 1 aromatic rings. The van der Waals surface area contributed by atoms with Crippen LogP contribution in [-0.2, 0) is 16.4 Å². The number of hydrogen-bond acceptors (Lipinski definition) is 5. The first-order chi connectivity index (χ1) is 6.88. The van der Waals surface area contributed by atoms with Gasteiger partial charge < -0.3 is 10.3 Å². The molecular formula is C8H10FNO4S. The molecular weight excluding hydrogens is 225 g/mol. The van der Waals surface area contributed by atoms with Gasteiger partial charge in [0, 0.05) is 18.4 Å². The minimum Gasteiger partial charge on any atom is -0.505 e. The molecule has 0 aromatic heterocycles. The molecule has 0 aliphatic heterocycles. The molecule has 5 nitrogen and oxygen atoms in total. The lowest BCUT2D eigenvalue weighted by atomic mass is 10.2. The van der Waals surface area contributed by atoms with Gasteiger partial charge in [0.05, 0.1) is 0 Å². The van der Waals surface area contributed by atoms with E-state index in [1.165, 1.54) is 6.07 Å². The molecule has 0 unspecified atom stereocenters. The van der Waals surface area contributed by atoms with E-state index in [1.54, 1.807) is 5.48 Å². The Labute approximate surface area is 86.0 Å². The summed E-state index contributed by atoms with van der Waals surface area (Å²) in [5, 5.41) is 17.6. The Bertz CT molecular complexity index is 472. The van der Waals surface area contributed by atoms with Gasteiger partial charge in [0.1, 0.15) is 4.90 Å². The van der Waals surface area contributed by atoms with E-state index in [4.69, 9.17) is 5.21 Å². The minimum atomic E-state index is -3.71. The van der Waals surface area contributed by atoms with Crippen molar-refractivity contribution in [2.45, 2.75) is 11.4 Å². The van der Waals surface area contributed by atoms with Gasteiger partial charge in [-0.1, -0.05) is 6.07 Å². The second-order valence-electron chi connectivity index (χ2n) is 2.99. The zero-order valence-electron chi connectivity index (χ0n) is 7.86. The van der Waals surface area contributed by atoms with E-state index in [2.05, 4.69) is 0 Å². The van der Waals surface area contributed by atoms with Gasteiger partial charge in [0.15, 0.2) is 21.4 Å². The Morgan fingerprint density at radius 3 is 2.53 bits per heavy atom. The molecule has 0 saturated heterocycles. The van der Waals surface area contributed by atoms with Crippen LogP contribution in [0.2, 0.25) is 0 Å². The molecule has 0 aliphatic carbocycles. The van der Waals surface area contributed by atoms with Crippen molar-refractivity contribution in [2.24, 2.45) is 0 Å². The van der Waals surface area contributed by atoms with E-state index < -0.39 is 26.3 Å². The average molecular weight is 235 g/mol. The summed E-state index contributed by atoms with van der Waals surface area (Å²) in [5.41, 5.74) is 1.81. The Hall–Kier alpha value is -1.18. The minimum absolute atomic E-state index is 0.0717. The first kappa shape index (κ1) is 11.9. The highest BCUT2D eigenvalue weighted by molar-refractivity contribution is 7.90. The zero-order chi connectivity index (χ0) is 11.6. The number of phenols is 1. The van der Waals surface area contributed by atoms with Crippen molar-refractivity contribution in [1.29, 1.82) is 0 Å². The maximum Gasteiger partial charge on any atom is 0.183 e. The Balaban J connectivity index is 3.34. The van der Waals surface area contributed by atoms with Crippen molar-refractivity contribution in [3.63, 3.8) is 0 Å². The van der Waals surface area contributed by atoms with Crippen LogP contribution in [0.5, 0.6) is 5.75 Å². The maximum atomic E-state index is 13.3. The van der Waals surface area contributed by atoms with Crippen molar-refractivity contribution < 1.29 is 23.1 Å². The lowest BCUT2D eigenvalue weighted by Crippen LogP contribution is -2.08. The Kier molecular flexibility index (Phi) is 3.28. The van der Waals surface area contributed by atoms with E-state index in [9.17, 15) is 17.9 Å². The number of nitrogens with one attached hydrogen (secondary N) is 1. The molecule has 1 aromatic carbocycles. The first-order valence-electron chi connectivity index (χ1n) is 3.95. The standard InChI is InChI=1S/C8H10FNO4S/c1-15(13,14)6-3-2-5(4-10-12)8(11)7(6)9/h2-3,10-12H,4H2,1H3. The smallest absolute Gasteiger partial charge is 0.183 e. The van der Waals surface area contributed by atoms with Crippen LogP contribution in [0.25, 0.3) is 0 Å². The van der Waals surface area contributed by atoms with E-state index in [-0.39, 0.29) is 12.1 Å². The van der Waals surface area contributed by atoms with Gasteiger partial charge >= 0.3 is 0 Å². The van der Waals surface area contributed by atoms with Crippen LogP contribution in [0.3, 0.4) is 0 Å². The van der Waals surface area contributed by atoms with Crippen LogP contribution < -0.4 is 5.48 Å². The topological polar surface area (TPSA) is 86.6 Å². The van der Waals surface area contributed by atoms with Gasteiger partial charge in [0.2, 0.25) is 0 Å². The van der Waals surface area contributed by atoms with Gasteiger partial charge in [0.25, 0.3) is 0 Å². The molecule has 0 saturated carbocycles. The number of rotatable bonds is 3. The molecule has 0 fully saturated rings. The van der Waals surface area contributed by atoms with Gasteiger partial charge in [-0.05, 0) is 6.07 Å². The summed E-state index contributed by atoms with van der Waals surface area (Å²) in [6.45, 7) is -0.174. The molecule has 15 heavy (non-hydrogen) atoms. The third-order valence-electron chi connectivity index (χ3n) is 1.83. The van der Waals surface area contributed by atoms with Crippen LogP contribution >= 0.6 is 0 Å². The highest BCUT2D eigenvalue weighted by Crippen LogP contribution is 2.27. The van der Waals surface area contributed by atoms with Crippen LogP contribution in [0, 0.1) is 5.82 Å². The monoisotopic (exact) mass is 235 g/mol. The number of aromatic hydroxyl groups is 1. The number of sulfone groups is 1. The lowest BCUT2D eigenvalue weighted by molar-refractivity contribution is 0.160. The van der Waals surface area contributed by atoms with Gasteiger partial charge in [-0.25, -0.2) is 18.3 Å². The average Bonchev–Trinajstić information content (AvgIpc) is 2.11. The predicted octanol–water partition coefficient (Wildman–Crippen LogP) is 0.414. The van der Waals surface area contributed by atoms with Gasteiger partial charge in [-0.15, -0.1) is 0 Å². The summed E-state index contributed by atoms with van der Waals surface area (Å²) >= 11 is 0. The third-order valence-corrected chi connectivity index (χ3v) is 2.95. The molecule has 0 spiro atoms. The maximum absolute atomic E-state index is 13.3. The van der Waals surface area contributed by atoms with Gasteiger partial charge in [-0.3, -0.25) is 0 Å². The van der Waals surface area contributed by atoms with Crippen LogP contribution in [0.1, 0.15) is 5.56 Å². The Morgan fingerprint density at radius 2 is 2.07 bits per heavy atom. The van der Waals surface area contributed by atoms with E-state index in [1.807, 2.05) is 0 Å². The van der Waals surface area contributed by atoms with Crippen molar-refractivity contribution >= 4 is 9.84 Å². The molecule has 0 bridgehead atoms. The molecule has 7 heteroatoms. The fraction of sp³-hybridized carbons (Fsp3) is 0.250. The number of phenolic OH excluding ortho intramolecular Hbond substituents is 1. The SMILES string of the molecule is CS(=O)(=O)c1ccc(CNO)c(O)c1F. The van der Waals surface area contributed by atoms with Crippen molar-refractivity contribution in [1.82, 2.24) is 5.48 Å². The van der Waals surface area contributed by atoms with Crippen molar-refractivity contribution in [2.75, 3.05) is 6.26 Å².